The summed E-state index contributed by atoms with van der Waals surface area (Å²) >= 11 is 6.12. The lowest BCUT2D eigenvalue weighted by atomic mass is 10.1. The quantitative estimate of drug-likeness (QED) is 0.301. The predicted molar refractivity (Wildman–Crippen MR) is 119 cm³/mol. The third kappa shape index (κ3) is 4.83. The lowest BCUT2D eigenvalue weighted by Gasteiger charge is -2.15. The lowest BCUT2D eigenvalue weighted by molar-refractivity contribution is -0.154. The molecule has 33 heavy (non-hydrogen) atoms. The van der Waals surface area contributed by atoms with Gasteiger partial charge in [0.1, 0.15) is 23.7 Å². The van der Waals surface area contributed by atoms with Crippen molar-refractivity contribution in [1.29, 1.82) is 0 Å². The maximum Gasteiger partial charge on any atom is 0.453 e. The normalized spacial score (nSPS) is 11.6. The fraction of sp³-hybridized carbons (Fsp3) is 0.160. The Labute approximate surface area is 192 Å². The number of benzene rings is 3. The SMILES string of the molecule is Cc1cc(Oc2c(C(F)(F)F)oc3cc(OCc4ccccc4)ccc3c2=O)cc(C)c1Cl. The van der Waals surface area contributed by atoms with Crippen molar-refractivity contribution in [2.24, 2.45) is 0 Å². The summed E-state index contributed by atoms with van der Waals surface area (Å²) in [5.74, 6) is -2.14. The van der Waals surface area contributed by atoms with Crippen molar-refractivity contribution in [3.63, 3.8) is 0 Å². The minimum Gasteiger partial charge on any atom is -0.489 e. The first-order valence-electron chi connectivity index (χ1n) is 9.93. The van der Waals surface area contributed by atoms with Crippen molar-refractivity contribution in [2.45, 2.75) is 26.6 Å². The van der Waals surface area contributed by atoms with E-state index in [2.05, 4.69) is 0 Å². The Kier molecular flexibility index (Phi) is 6.08. The van der Waals surface area contributed by atoms with Gasteiger partial charge in [-0.05, 0) is 54.8 Å². The van der Waals surface area contributed by atoms with E-state index in [1.165, 1.54) is 30.3 Å². The first kappa shape index (κ1) is 22.7. The van der Waals surface area contributed by atoms with Crippen molar-refractivity contribution in [2.75, 3.05) is 0 Å². The van der Waals surface area contributed by atoms with Crippen LogP contribution in [0.15, 0.2) is 69.9 Å². The molecule has 0 saturated heterocycles. The first-order valence-corrected chi connectivity index (χ1v) is 10.3. The molecule has 0 unspecified atom stereocenters. The third-order valence-electron chi connectivity index (χ3n) is 4.96. The van der Waals surface area contributed by atoms with Crippen LogP contribution in [0.5, 0.6) is 17.2 Å². The fourth-order valence-corrected chi connectivity index (χ4v) is 3.46. The Bertz CT molecular complexity index is 1360. The number of hydrogen-bond acceptors (Lipinski definition) is 4. The summed E-state index contributed by atoms with van der Waals surface area (Å²) in [6, 6.07) is 16.3. The molecule has 0 spiro atoms. The van der Waals surface area contributed by atoms with Gasteiger partial charge in [-0.15, -0.1) is 0 Å². The molecule has 0 N–H and O–H groups in total. The van der Waals surface area contributed by atoms with Gasteiger partial charge in [0.05, 0.1) is 5.39 Å². The monoisotopic (exact) mass is 474 g/mol. The van der Waals surface area contributed by atoms with Crippen molar-refractivity contribution in [3.8, 4) is 17.2 Å². The van der Waals surface area contributed by atoms with Crippen LogP contribution in [-0.4, -0.2) is 0 Å². The molecular weight excluding hydrogens is 457 g/mol. The van der Waals surface area contributed by atoms with Gasteiger partial charge >= 0.3 is 6.18 Å². The van der Waals surface area contributed by atoms with Crippen molar-refractivity contribution >= 4 is 22.6 Å². The van der Waals surface area contributed by atoms with Crippen LogP contribution in [0.3, 0.4) is 0 Å². The summed E-state index contributed by atoms with van der Waals surface area (Å²) < 4.78 is 57.5. The first-order chi connectivity index (χ1) is 15.6. The molecule has 1 aromatic heterocycles. The summed E-state index contributed by atoms with van der Waals surface area (Å²) in [5, 5.41) is 0.402. The van der Waals surface area contributed by atoms with Gasteiger partial charge in [0, 0.05) is 11.1 Å². The van der Waals surface area contributed by atoms with E-state index in [1.807, 2.05) is 30.3 Å². The Morgan fingerprint density at radius 2 is 1.61 bits per heavy atom. The van der Waals surface area contributed by atoms with Gasteiger partial charge in [-0.2, -0.15) is 13.2 Å². The highest BCUT2D eigenvalue weighted by Crippen LogP contribution is 2.39. The largest absolute Gasteiger partial charge is 0.489 e. The third-order valence-corrected chi connectivity index (χ3v) is 5.55. The van der Waals surface area contributed by atoms with Gasteiger partial charge in [-0.3, -0.25) is 4.79 Å². The molecule has 0 atom stereocenters. The number of rotatable bonds is 5. The second kappa shape index (κ2) is 8.83. The number of hydrogen-bond donors (Lipinski definition) is 0. The second-order valence-corrected chi connectivity index (χ2v) is 7.87. The van der Waals surface area contributed by atoms with Gasteiger partial charge in [0.2, 0.25) is 11.2 Å². The number of aryl methyl sites for hydroxylation is 2. The molecular formula is C25H18ClF3O4. The molecule has 0 fully saturated rings. The van der Waals surface area contributed by atoms with E-state index in [4.69, 9.17) is 25.5 Å². The molecule has 170 valence electrons. The van der Waals surface area contributed by atoms with Crippen LogP contribution in [0.25, 0.3) is 11.0 Å². The smallest absolute Gasteiger partial charge is 0.453 e. The van der Waals surface area contributed by atoms with Crippen LogP contribution in [0, 0.1) is 13.8 Å². The number of ether oxygens (including phenoxy) is 2. The summed E-state index contributed by atoms with van der Waals surface area (Å²) in [5.41, 5.74) is 0.890. The van der Waals surface area contributed by atoms with Crippen molar-refractivity contribution in [3.05, 3.63) is 98.4 Å². The van der Waals surface area contributed by atoms with E-state index in [0.717, 1.165) is 5.56 Å². The maximum absolute atomic E-state index is 13.8. The minimum absolute atomic E-state index is 0.0503. The highest BCUT2D eigenvalue weighted by molar-refractivity contribution is 6.32. The zero-order valence-electron chi connectivity index (χ0n) is 17.6. The number of alkyl halides is 3. The summed E-state index contributed by atoms with van der Waals surface area (Å²) in [4.78, 5) is 13.0. The number of fused-ring (bicyclic) bond motifs is 1. The summed E-state index contributed by atoms with van der Waals surface area (Å²) in [6.07, 6.45) is -4.96. The Morgan fingerprint density at radius 1 is 0.939 bits per heavy atom. The molecule has 0 aliphatic heterocycles. The Balaban J connectivity index is 1.76. The van der Waals surface area contributed by atoms with Crippen molar-refractivity contribution < 1.29 is 27.1 Å². The molecule has 0 saturated carbocycles. The average Bonchev–Trinajstić information content (AvgIpc) is 2.77. The minimum atomic E-state index is -4.96. The van der Waals surface area contributed by atoms with Gasteiger partial charge in [-0.1, -0.05) is 41.9 Å². The zero-order chi connectivity index (χ0) is 23.8. The van der Waals surface area contributed by atoms with Crippen LogP contribution in [0.2, 0.25) is 5.02 Å². The van der Waals surface area contributed by atoms with E-state index < -0.39 is 23.1 Å². The number of halogens is 4. The van der Waals surface area contributed by atoms with Gasteiger partial charge < -0.3 is 13.9 Å². The van der Waals surface area contributed by atoms with Gasteiger partial charge in [0.25, 0.3) is 5.76 Å². The molecule has 0 aliphatic rings. The van der Waals surface area contributed by atoms with E-state index in [1.54, 1.807) is 13.8 Å². The maximum atomic E-state index is 13.8. The second-order valence-electron chi connectivity index (χ2n) is 7.49. The summed E-state index contributed by atoms with van der Waals surface area (Å²) in [6.45, 7) is 3.58. The topological polar surface area (TPSA) is 48.7 Å². The molecule has 4 rings (SSSR count). The highest BCUT2D eigenvalue weighted by atomic mass is 35.5. The molecule has 0 bridgehead atoms. The molecule has 0 aliphatic carbocycles. The van der Waals surface area contributed by atoms with E-state index in [9.17, 15) is 18.0 Å². The van der Waals surface area contributed by atoms with Gasteiger partial charge in [0.15, 0.2) is 0 Å². The van der Waals surface area contributed by atoms with E-state index >= 15 is 0 Å². The van der Waals surface area contributed by atoms with Gasteiger partial charge in [-0.25, -0.2) is 0 Å². The Morgan fingerprint density at radius 3 is 2.24 bits per heavy atom. The van der Waals surface area contributed by atoms with Crippen molar-refractivity contribution in [1.82, 2.24) is 0 Å². The van der Waals surface area contributed by atoms with Crippen LogP contribution in [0.4, 0.5) is 13.2 Å². The molecule has 3 aromatic carbocycles. The highest BCUT2D eigenvalue weighted by Gasteiger charge is 2.40. The molecule has 4 aromatic rings. The molecule has 0 amide bonds. The van der Waals surface area contributed by atoms with E-state index in [-0.39, 0.29) is 29.1 Å². The zero-order valence-corrected chi connectivity index (χ0v) is 18.4. The lowest BCUT2D eigenvalue weighted by Crippen LogP contribution is -2.15. The van der Waals surface area contributed by atoms with Crippen LogP contribution in [0.1, 0.15) is 22.5 Å². The molecule has 0 radical (unpaired) electrons. The molecule has 4 nitrogen and oxygen atoms in total. The predicted octanol–water partition coefficient (Wildman–Crippen LogP) is 7.45. The van der Waals surface area contributed by atoms with Crippen LogP contribution < -0.4 is 14.9 Å². The Hall–Kier alpha value is -3.45. The van der Waals surface area contributed by atoms with Crippen LogP contribution >= 0.6 is 11.6 Å². The van der Waals surface area contributed by atoms with E-state index in [0.29, 0.717) is 16.1 Å². The molecule has 8 heteroatoms. The average molecular weight is 475 g/mol. The fourth-order valence-electron chi connectivity index (χ4n) is 3.35. The summed E-state index contributed by atoms with van der Waals surface area (Å²) in [7, 11) is 0. The van der Waals surface area contributed by atoms with Crippen LogP contribution in [-0.2, 0) is 12.8 Å². The molecule has 1 heterocycles. The standard InChI is InChI=1S/C25H18ClF3O4/c1-14-10-18(11-15(2)21(14)26)32-23-22(30)19-9-8-17(31-13-16-6-4-3-5-7-16)12-20(19)33-24(23)25(27,28)29/h3-12H,13H2,1-2H3.